The molecule has 3 aromatic rings. The lowest BCUT2D eigenvalue weighted by Gasteiger charge is -2.35. The van der Waals surface area contributed by atoms with Crippen molar-refractivity contribution in [2.45, 2.75) is 38.5 Å². The number of imidazole rings is 1. The average molecular weight is 482 g/mol. The van der Waals surface area contributed by atoms with Crippen LogP contribution >= 0.6 is 0 Å². The fraction of sp³-hybridized carbons (Fsp3) is 0.391. The van der Waals surface area contributed by atoms with Crippen LogP contribution in [-0.2, 0) is 21.2 Å². The molecule has 2 aliphatic heterocycles. The fourth-order valence-corrected chi connectivity index (χ4v) is 5.85. The van der Waals surface area contributed by atoms with Crippen LogP contribution in [0.5, 0.6) is 0 Å². The van der Waals surface area contributed by atoms with Gasteiger partial charge in [-0.1, -0.05) is 0 Å². The maximum absolute atomic E-state index is 13.3. The van der Waals surface area contributed by atoms with E-state index in [0.717, 1.165) is 28.6 Å². The Morgan fingerprint density at radius 1 is 0.941 bits per heavy atom. The van der Waals surface area contributed by atoms with E-state index in [1.165, 1.54) is 4.31 Å². The number of hydrogen-bond donors (Lipinski definition) is 1. The molecule has 4 heterocycles. The van der Waals surface area contributed by atoms with Gasteiger partial charge in [-0.3, -0.25) is 9.36 Å². The van der Waals surface area contributed by atoms with Gasteiger partial charge in [-0.2, -0.15) is 4.31 Å². The molecule has 2 aliphatic rings. The molecule has 0 aliphatic carbocycles. The Kier molecular flexibility index (Phi) is 5.61. The zero-order chi connectivity index (χ0) is 24.0. The van der Waals surface area contributed by atoms with Gasteiger partial charge < -0.3 is 10.2 Å². The van der Waals surface area contributed by atoms with E-state index in [4.69, 9.17) is 0 Å². The molecule has 1 amide bonds. The molecule has 1 aromatic carbocycles. The van der Waals surface area contributed by atoms with Gasteiger partial charge in [-0.25, -0.2) is 23.4 Å². The summed E-state index contributed by atoms with van der Waals surface area (Å²) in [6.45, 7) is 7.58. The van der Waals surface area contributed by atoms with E-state index in [1.807, 2.05) is 31.4 Å². The minimum atomic E-state index is -3.63. The van der Waals surface area contributed by atoms with E-state index >= 15 is 0 Å². The highest BCUT2D eigenvalue weighted by Gasteiger charge is 2.30. The fourth-order valence-electron chi connectivity index (χ4n) is 4.38. The molecule has 0 saturated carbocycles. The highest BCUT2D eigenvalue weighted by Crippen LogP contribution is 2.28. The minimum Gasteiger partial charge on any atom is -0.354 e. The first-order valence-corrected chi connectivity index (χ1v) is 12.7. The summed E-state index contributed by atoms with van der Waals surface area (Å²) in [5, 5.41) is 2.80. The van der Waals surface area contributed by atoms with Gasteiger partial charge in [0.1, 0.15) is 23.8 Å². The predicted molar refractivity (Wildman–Crippen MR) is 128 cm³/mol. The molecular weight excluding hydrogens is 454 g/mol. The molecular formula is C23H27N7O3S. The van der Waals surface area contributed by atoms with Gasteiger partial charge in [-0.05, 0) is 51.0 Å². The first-order chi connectivity index (χ1) is 16.2. The summed E-state index contributed by atoms with van der Waals surface area (Å²) in [6, 6.07) is 6.86. The maximum Gasteiger partial charge on any atom is 0.243 e. The van der Waals surface area contributed by atoms with Gasteiger partial charge in [0, 0.05) is 50.0 Å². The molecule has 1 N–H and O–H groups in total. The number of nitrogens with zero attached hydrogens (tertiary/aromatic N) is 6. The molecule has 0 spiro atoms. The lowest BCUT2D eigenvalue weighted by molar-refractivity contribution is -0.116. The van der Waals surface area contributed by atoms with Crippen LogP contribution in [0, 0.1) is 20.8 Å². The van der Waals surface area contributed by atoms with Gasteiger partial charge in [0.25, 0.3) is 0 Å². The van der Waals surface area contributed by atoms with Crippen molar-refractivity contribution >= 4 is 27.4 Å². The molecule has 2 aromatic heterocycles. The lowest BCUT2D eigenvalue weighted by atomic mass is 10.0. The first-order valence-electron chi connectivity index (χ1n) is 11.3. The quantitative estimate of drug-likeness (QED) is 0.606. The van der Waals surface area contributed by atoms with Crippen molar-refractivity contribution in [3.05, 3.63) is 53.4 Å². The van der Waals surface area contributed by atoms with Crippen molar-refractivity contribution < 1.29 is 13.2 Å². The average Bonchev–Trinajstić information content (AvgIpc) is 3.16. The standard InChI is InChI=1S/C23H27N7O3S/c1-15-16(2)30(14-24-15)22-13-21(25-17(3)26-22)28-8-10-29(11-9-28)34(32,33)19-5-6-20-18(12-19)4-7-23(31)27-20/h5-6,12-14H,4,7-11H2,1-3H3,(H,27,31). The molecule has 34 heavy (non-hydrogen) atoms. The number of hydrogen-bond acceptors (Lipinski definition) is 7. The molecule has 0 atom stereocenters. The Labute approximate surface area is 198 Å². The van der Waals surface area contributed by atoms with Crippen molar-refractivity contribution in [2.75, 3.05) is 36.4 Å². The summed E-state index contributed by atoms with van der Waals surface area (Å²) >= 11 is 0. The summed E-state index contributed by atoms with van der Waals surface area (Å²) in [7, 11) is -3.63. The number of anilines is 2. The summed E-state index contributed by atoms with van der Waals surface area (Å²) in [5.41, 5.74) is 3.51. The second kappa shape index (κ2) is 8.48. The summed E-state index contributed by atoms with van der Waals surface area (Å²) in [4.78, 5) is 27.5. The normalized spacial score (nSPS) is 16.9. The Morgan fingerprint density at radius 3 is 2.38 bits per heavy atom. The Bertz CT molecular complexity index is 1380. The number of nitrogens with one attached hydrogen (secondary N) is 1. The van der Waals surface area contributed by atoms with Crippen LogP contribution in [-0.4, -0.2) is 64.3 Å². The van der Waals surface area contributed by atoms with Crippen molar-refractivity contribution in [2.24, 2.45) is 0 Å². The second-order valence-corrected chi connectivity index (χ2v) is 10.6. The molecule has 5 rings (SSSR count). The molecule has 0 bridgehead atoms. The number of fused-ring (bicyclic) bond motifs is 1. The molecule has 10 nitrogen and oxygen atoms in total. The van der Waals surface area contributed by atoms with Crippen LogP contribution in [0.1, 0.15) is 29.2 Å². The van der Waals surface area contributed by atoms with Crippen molar-refractivity contribution in [1.29, 1.82) is 0 Å². The van der Waals surface area contributed by atoms with Crippen LogP contribution in [0.2, 0.25) is 0 Å². The maximum atomic E-state index is 13.3. The minimum absolute atomic E-state index is 0.0410. The lowest BCUT2D eigenvalue weighted by Crippen LogP contribution is -2.49. The Morgan fingerprint density at radius 2 is 1.68 bits per heavy atom. The Balaban J connectivity index is 1.33. The molecule has 1 fully saturated rings. The van der Waals surface area contributed by atoms with Gasteiger partial charge in [0.2, 0.25) is 15.9 Å². The zero-order valence-electron chi connectivity index (χ0n) is 19.4. The van der Waals surface area contributed by atoms with Gasteiger partial charge in [0.15, 0.2) is 0 Å². The van der Waals surface area contributed by atoms with Crippen molar-refractivity contribution in [3.63, 3.8) is 0 Å². The summed E-state index contributed by atoms with van der Waals surface area (Å²) in [5.74, 6) is 2.13. The van der Waals surface area contributed by atoms with Crippen molar-refractivity contribution in [3.8, 4) is 5.82 Å². The third-order valence-electron chi connectivity index (χ3n) is 6.48. The second-order valence-electron chi connectivity index (χ2n) is 8.68. The number of aromatic nitrogens is 4. The van der Waals surface area contributed by atoms with Crippen molar-refractivity contribution in [1.82, 2.24) is 23.8 Å². The van der Waals surface area contributed by atoms with E-state index in [0.29, 0.717) is 50.5 Å². The highest BCUT2D eigenvalue weighted by molar-refractivity contribution is 7.89. The largest absolute Gasteiger partial charge is 0.354 e. The van der Waals surface area contributed by atoms with Gasteiger partial charge in [0.05, 0.1) is 10.6 Å². The number of rotatable bonds is 4. The molecule has 11 heteroatoms. The van der Waals surface area contributed by atoms with E-state index in [-0.39, 0.29) is 10.8 Å². The number of carbonyl (C=O) groups is 1. The molecule has 0 radical (unpaired) electrons. The molecule has 0 unspecified atom stereocenters. The highest BCUT2D eigenvalue weighted by atomic mass is 32.2. The van der Waals surface area contributed by atoms with Gasteiger partial charge in [-0.15, -0.1) is 0 Å². The predicted octanol–water partition coefficient (Wildman–Crippen LogP) is 1.98. The van der Waals surface area contributed by atoms with E-state index in [9.17, 15) is 13.2 Å². The Hall–Kier alpha value is -3.31. The molecule has 178 valence electrons. The van der Waals surface area contributed by atoms with Gasteiger partial charge >= 0.3 is 0 Å². The topological polar surface area (TPSA) is 113 Å². The van der Waals surface area contributed by atoms with E-state index in [1.54, 1.807) is 24.5 Å². The van der Waals surface area contributed by atoms with E-state index in [2.05, 4.69) is 25.2 Å². The third kappa shape index (κ3) is 4.05. The van der Waals surface area contributed by atoms with Crippen LogP contribution in [0.25, 0.3) is 5.82 Å². The zero-order valence-corrected chi connectivity index (χ0v) is 20.3. The third-order valence-corrected chi connectivity index (χ3v) is 8.38. The first kappa shape index (κ1) is 22.5. The number of piperazine rings is 1. The number of carbonyl (C=O) groups excluding carboxylic acids is 1. The summed E-state index contributed by atoms with van der Waals surface area (Å²) in [6.07, 6.45) is 2.67. The number of aryl methyl sites for hydroxylation is 3. The van der Waals surface area contributed by atoms with Crippen LogP contribution in [0.3, 0.4) is 0 Å². The van der Waals surface area contributed by atoms with E-state index < -0.39 is 10.0 Å². The number of amides is 1. The van der Waals surface area contributed by atoms with Crippen LogP contribution < -0.4 is 10.2 Å². The summed E-state index contributed by atoms with van der Waals surface area (Å²) < 4.78 is 30.1. The molecule has 1 saturated heterocycles. The number of sulfonamides is 1. The smallest absolute Gasteiger partial charge is 0.243 e. The van der Waals surface area contributed by atoms with Crippen LogP contribution in [0.4, 0.5) is 11.5 Å². The SMILES string of the molecule is Cc1nc(N2CCN(S(=O)(=O)c3ccc4c(c3)CCC(=O)N4)CC2)cc(-n2cnc(C)c2C)n1. The number of benzene rings is 1. The van der Waals surface area contributed by atoms with Crippen LogP contribution in [0.15, 0.2) is 35.5 Å². The monoisotopic (exact) mass is 481 g/mol.